The highest BCUT2D eigenvalue weighted by atomic mass is 16.2. The van der Waals surface area contributed by atoms with Gasteiger partial charge in [0.15, 0.2) is 11.9 Å². The highest BCUT2D eigenvalue weighted by Gasteiger charge is 2.24. The number of benzene rings is 1. The molecule has 118 valence electrons. The van der Waals surface area contributed by atoms with E-state index in [-0.39, 0.29) is 11.9 Å². The van der Waals surface area contributed by atoms with E-state index in [0.29, 0.717) is 5.82 Å². The van der Waals surface area contributed by atoms with E-state index in [1.54, 1.807) is 10.9 Å². The lowest BCUT2D eigenvalue weighted by atomic mass is 10.1. The van der Waals surface area contributed by atoms with E-state index in [1.165, 1.54) is 11.0 Å². The van der Waals surface area contributed by atoms with Crippen LogP contribution in [0.4, 0.5) is 5.82 Å². The van der Waals surface area contributed by atoms with Crippen LogP contribution in [-0.4, -0.2) is 41.1 Å². The zero-order chi connectivity index (χ0) is 16.2. The molecule has 0 aliphatic heterocycles. The molecule has 9 nitrogen and oxygen atoms in total. The van der Waals surface area contributed by atoms with Gasteiger partial charge in [-0.3, -0.25) is 4.79 Å². The average Bonchev–Trinajstić information content (AvgIpc) is 3.20. The number of aromatic nitrogens is 7. The normalized spacial score (nSPS) is 12.3. The summed E-state index contributed by atoms with van der Waals surface area (Å²) in [6.45, 7) is 3.96. The van der Waals surface area contributed by atoms with Gasteiger partial charge in [-0.15, -0.1) is 10.2 Å². The quantitative estimate of drug-likeness (QED) is 0.756. The van der Waals surface area contributed by atoms with Crippen LogP contribution in [0.25, 0.3) is 0 Å². The molecule has 2 aromatic heterocycles. The van der Waals surface area contributed by atoms with Crippen molar-refractivity contribution in [2.45, 2.75) is 25.9 Å². The van der Waals surface area contributed by atoms with Crippen LogP contribution in [-0.2, 0) is 4.79 Å². The summed E-state index contributed by atoms with van der Waals surface area (Å²) < 4.78 is 3.07. The van der Waals surface area contributed by atoms with E-state index in [2.05, 4.69) is 31.2 Å². The minimum Gasteiger partial charge on any atom is -0.306 e. The van der Waals surface area contributed by atoms with Crippen LogP contribution in [0, 0.1) is 0 Å². The Bertz CT molecular complexity index is 765. The number of tetrazole rings is 1. The molecule has 1 unspecified atom stereocenters. The first-order chi connectivity index (χ1) is 11.1. The monoisotopic (exact) mass is 312 g/mol. The maximum Gasteiger partial charge on any atom is 0.255 e. The molecule has 3 aromatic rings. The lowest BCUT2D eigenvalue weighted by Gasteiger charge is -2.15. The van der Waals surface area contributed by atoms with Crippen LogP contribution in [0.5, 0.6) is 0 Å². The van der Waals surface area contributed by atoms with E-state index in [1.807, 2.05) is 44.2 Å². The first-order valence-corrected chi connectivity index (χ1v) is 7.15. The fraction of sp³-hybridized carbons (Fsp3) is 0.286. The first kappa shape index (κ1) is 14.8. The van der Waals surface area contributed by atoms with Gasteiger partial charge in [0, 0.05) is 6.04 Å². The van der Waals surface area contributed by atoms with Crippen LogP contribution in [0.1, 0.15) is 31.5 Å². The van der Waals surface area contributed by atoms with Gasteiger partial charge in [-0.05, 0) is 29.8 Å². The van der Waals surface area contributed by atoms with Crippen LogP contribution in [0.2, 0.25) is 0 Å². The lowest BCUT2D eigenvalue weighted by molar-refractivity contribution is -0.118. The van der Waals surface area contributed by atoms with Crippen molar-refractivity contribution >= 4 is 11.7 Å². The Hall–Kier alpha value is -3.10. The van der Waals surface area contributed by atoms with Crippen molar-refractivity contribution in [3.8, 4) is 0 Å². The van der Waals surface area contributed by atoms with Gasteiger partial charge < -0.3 is 5.32 Å². The molecule has 23 heavy (non-hydrogen) atoms. The number of hydrogen-bond acceptors (Lipinski definition) is 6. The third-order valence-corrected chi connectivity index (χ3v) is 3.28. The Morgan fingerprint density at radius 3 is 2.52 bits per heavy atom. The van der Waals surface area contributed by atoms with E-state index < -0.39 is 6.04 Å². The Kier molecular flexibility index (Phi) is 4.09. The molecule has 0 saturated heterocycles. The van der Waals surface area contributed by atoms with Gasteiger partial charge >= 0.3 is 0 Å². The molecular formula is C14H16N8O. The summed E-state index contributed by atoms with van der Waals surface area (Å²) in [4.78, 5) is 12.7. The number of amides is 1. The Labute approximate surface area is 132 Å². The molecule has 0 saturated carbocycles. The molecule has 9 heteroatoms. The summed E-state index contributed by atoms with van der Waals surface area (Å²) in [7, 11) is 0. The smallest absolute Gasteiger partial charge is 0.255 e. The fourth-order valence-corrected chi connectivity index (χ4v) is 2.13. The molecule has 0 bridgehead atoms. The maximum absolute atomic E-state index is 12.7. The second kappa shape index (κ2) is 6.34. The topological polar surface area (TPSA) is 103 Å². The van der Waals surface area contributed by atoms with E-state index in [0.717, 1.165) is 5.56 Å². The van der Waals surface area contributed by atoms with Crippen molar-refractivity contribution in [2.75, 3.05) is 5.32 Å². The molecular weight excluding hydrogens is 296 g/mol. The minimum absolute atomic E-state index is 0.164. The number of carbonyl (C=O) groups is 1. The Balaban J connectivity index is 1.86. The molecule has 0 aliphatic carbocycles. The summed E-state index contributed by atoms with van der Waals surface area (Å²) in [5, 5.41) is 21.7. The number of carbonyl (C=O) groups excluding carboxylic acids is 1. The fourth-order valence-electron chi connectivity index (χ4n) is 2.13. The van der Waals surface area contributed by atoms with Crippen LogP contribution in [0.3, 0.4) is 0 Å². The zero-order valence-electron chi connectivity index (χ0n) is 12.7. The van der Waals surface area contributed by atoms with Gasteiger partial charge in [0.25, 0.3) is 5.91 Å². The van der Waals surface area contributed by atoms with E-state index in [9.17, 15) is 4.79 Å². The molecule has 1 N–H and O–H groups in total. The molecule has 2 heterocycles. The van der Waals surface area contributed by atoms with Gasteiger partial charge in [0.2, 0.25) is 0 Å². The number of anilines is 1. The van der Waals surface area contributed by atoms with Gasteiger partial charge in [-0.25, -0.2) is 9.36 Å². The maximum atomic E-state index is 12.7. The van der Waals surface area contributed by atoms with Crippen molar-refractivity contribution in [3.05, 3.63) is 48.4 Å². The Morgan fingerprint density at radius 1 is 1.13 bits per heavy atom. The number of nitrogens with one attached hydrogen (secondary N) is 1. The molecule has 3 rings (SSSR count). The van der Waals surface area contributed by atoms with Crippen LogP contribution < -0.4 is 5.32 Å². The summed E-state index contributed by atoms with van der Waals surface area (Å²) in [5.41, 5.74) is 0.772. The molecule has 0 spiro atoms. The molecule has 0 radical (unpaired) electrons. The van der Waals surface area contributed by atoms with Gasteiger partial charge in [0.1, 0.15) is 6.33 Å². The van der Waals surface area contributed by atoms with Crippen molar-refractivity contribution in [1.29, 1.82) is 0 Å². The number of nitrogens with zero attached hydrogens (tertiary/aromatic N) is 7. The van der Waals surface area contributed by atoms with E-state index in [4.69, 9.17) is 0 Å². The second-order valence-electron chi connectivity index (χ2n) is 5.27. The van der Waals surface area contributed by atoms with Gasteiger partial charge in [0.05, 0.1) is 6.20 Å². The molecule has 1 atom stereocenters. The average molecular weight is 312 g/mol. The predicted molar refractivity (Wildman–Crippen MR) is 81.4 cm³/mol. The molecule has 1 amide bonds. The number of hydrogen-bond donors (Lipinski definition) is 1. The highest BCUT2D eigenvalue weighted by molar-refractivity contribution is 5.94. The second-order valence-corrected chi connectivity index (χ2v) is 5.27. The summed E-state index contributed by atoms with van der Waals surface area (Å²) in [6, 6.07) is 8.76. The first-order valence-electron chi connectivity index (χ1n) is 7.15. The predicted octanol–water partition coefficient (Wildman–Crippen LogP) is 1.07. The third kappa shape index (κ3) is 3.23. The highest BCUT2D eigenvalue weighted by Crippen LogP contribution is 2.19. The molecule has 0 aliphatic rings. The Morgan fingerprint density at radius 2 is 1.91 bits per heavy atom. The largest absolute Gasteiger partial charge is 0.306 e. The van der Waals surface area contributed by atoms with Crippen molar-refractivity contribution < 1.29 is 4.79 Å². The lowest BCUT2D eigenvalue weighted by Crippen LogP contribution is -2.27. The van der Waals surface area contributed by atoms with Crippen molar-refractivity contribution in [2.24, 2.45) is 0 Å². The zero-order valence-corrected chi connectivity index (χ0v) is 12.7. The SMILES string of the molecule is CC(C)n1cc(NC(=O)C(c2ccccc2)n2cnnn2)nn1. The van der Waals surface area contributed by atoms with Crippen molar-refractivity contribution in [1.82, 2.24) is 35.2 Å². The van der Waals surface area contributed by atoms with Gasteiger partial charge in [-0.2, -0.15) is 0 Å². The van der Waals surface area contributed by atoms with Crippen LogP contribution >= 0.6 is 0 Å². The molecule has 0 fully saturated rings. The minimum atomic E-state index is -0.685. The van der Waals surface area contributed by atoms with Crippen molar-refractivity contribution in [3.63, 3.8) is 0 Å². The molecule has 1 aromatic carbocycles. The third-order valence-electron chi connectivity index (χ3n) is 3.28. The standard InChI is InChI=1S/C14H16N8O/c1-10(2)21-8-12(17-19-21)16-14(23)13(22-9-15-18-20-22)11-6-4-3-5-7-11/h3-10,13H,1-2H3,(H,16,23). The summed E-state index contributed by atoms with van der Waals surface area (Å²) in [6.07, 6.45) is 3.09. The summed E-state index contributed by atoms with van der Waals surface area (Å²) >= 11 is 0. The number of rotatable bonds is 5. The van der Waals surface area contributed by atoms with Gasteiger partial charge in [-0.1, -0.05) is 35.5 Å². The van der Waals surface area contributed by atoms with E-state index >= 15 is 0 Å². The summed E-state index contributed by atoms with van der Waals surface area (Å²) in [5.74, 6) is 0.0945. The van der Waals surface area contributed by atoms with Crippen LogP contribution in [0.15, 0.2) is 42.9 Å².